The largest absolute Gasteiger partial charge is 0.340 e. The number of unbranched alkanes of at least 4 members (excludes halogenated alkanes) is 1. The molecule has 0 atom stereocenters. The van der Waals surface area contributed by atoms with Gasteiger partial charge in [0.1, 0.15) is 0 Å². The Kier molecular flexibility index (Phi) is 10.1. The predicted molar refractivity (Wildman–Crippen MR) is 158 cm³/mol. The molecule has 2 aliphatic rings. The molecule has 4 rings (SSSR count). The van der Waals surface area contributed by atoms with E-state index in [0.717, 1.165) is 81.6 Å². The van der Waals surface area contributed by atoms with Crippen LogP contribution < -0.4 is 4.72 Å². The molecule has 0 unspecified atom stereocenters. The van der Waals surface area contributed by atoms with Crippen LogP contribution in [0.15, 0.2) is 24.3 Å². The Bertz CT molecular complexity index is 1190. The molecule has 1 aliphatic carbocycles. The minimum atomic E-state index is -3.31. The number of rotatable bonds is 11. The number of carbonyl (C=O) groups is 1. The summed E-state index contributed by atoms with van der Waals surface area (Å²) in [5, 5.41) is 4.80. The van der Waals surface area contributed by atoms with Crippen LogP contribution in [0.2, 0.25) is 0 Å². The van der Waals surface area contributed by atoms with Crippen molar-refractivity contribution in [2.75, 3.05) is 30.6 Å². The van der Waals surface area contributed by atoms with E-state index in [2.05, 4.69) is 35.3 Å². The van der Waals surface area contributed by atoms with Crippen LogP contribution in [0.3, 0.4) is 0 Å². The summed E-state index contributed by atoms with van der Waals surface area (Å²) in [7, 11) is -3.31. The van der Waals surface area contributed by atoms with Crippen molar-refractivity contribution in [3.05, 3.63) is 41.2 Å². The molecule has 1 N–H and O–H groups in total. The second kappa shape index (κ2) is 13.3. The van der Waals surface area contributed by atoms with Crippen LogP contribution in [0.1, 0.15) is 88.1 Å². The Morgan fingerprint density at radius 1 is 1.05 bits per heavy atom. The number of hydrogen-bond acceptors (Lipinski definition) is 5. The molecule has 2 aromatic rings. The zero-order valence-corrected chi connectivity index (χ0v) is 25.1. The number of nitrogens with one attached hydrogen (secondary N) is 1. The van der Waals surface area contributed by atoms with E-state index in [1.54, 1.807) is 12.1 Å². The number of benzene rings is 1. The van der Waals surface area contributed by atoms with Gasteiger partial charge in [0.2, 0.25) is 15.9 Å². The second-order valence-corrected chi connectivity index (χ2v) is 13.4. The minimum Gasteiger partial charge on any atom is -0.340 e. The third kappa shape index (κ3) is 8.07. The normalized spacial score (nSPS) is 17.8. The molecule has 1 aromatic heterocycles. The number of likely N-dealkylation sites (tertiary alicyclic amines) is 1. The predicted octanol–water partition coefficient (Wildman–Crippen LogP) is 5.42. The zero-order valence-electron chi connectivity index (χ0n) is 24.3. The first-order chi connectivity index (χ1) is 18.6. The Labute approximate surface area is 235 Å². The standard InChI is InChI=1S/C30H47N5O3S/c1-5-6-18-34(30(36)21-25-10-8-7-9-11-25)27-16-19-33(20-17-27)22-29-23(2)31-35(24(29)3)28-14-12-26(13-15-28)32-39(4,37)38/h12-15,25,27,32H,5-11,16-22H2,1-4H3. The number of amides is 1. The van der Waals surface area contributed by atoms with Gasteiger partial charge in [-0.1, -0.05) is 32.6 Å². The molecule has 0 bridgehead atoms. The van der Waals surface area contributed by atoms with Crippen LogP contribution in [0.4, 0.5) is 5.69 Å². The van der Waals surface area contributed by atoms with Crippen molar-refractivity contribution >= 4 is 21.6 Å². The highest BCUT2D eigenvalue weighted by molar-refractivity contribution is 7.92. The van der Waals surface area contributed by atoms with E-state index in [9.17, 15) is 13.2 Å². The van der Waals surface area contributed by atoms with Gasteiger partial charge in [-0.15, -0.1) is 0 Å². The summed E-state index contributed by atoms with van der Waals surface area (Å²) in [6.07, 6.45) is 12.5. The van der Waals surface area contributed by atoms with Gasteiger partial charge >= 0.3 is 0 Å². The highest BCUT2D eigenvalue weighted by Crippen LogP contribution is 2.29. The van der Waals surface area contributed by atoms with Crippen molar-refractivity contribution < 1.29 is 13.2 Å². The molecule has 8 nitrogen and oxygen atoms in total. The Balaban J connectivity index is 1.36. The summed E-state index contributed by atoms with van der Waals surface area (Å²) in [6, 6.07) is 7.65. The van der Waals surface area contributed by atoms with Crippen molar-refractivity contribution in [2.24, 2.45) is 5.92 Å². The molecule has 0 spiro atoms. The number of piperidine rings is 1. The van der Waals surface area contributed by atoms with Crippen LogP contribution in [0.5, 0.6) is 0 Å². The summed E-state index contributed by atoms with van der Waals surface area (Å²) in [4.78, 5) is 18.1. The molecule has 0 radical (unpaired) electrons. The van der Waals surface area contributed by atoms with Gasteiger partial charge in [0.25, 0.3) is 0 Å². The number of nitrogens with zero attached hydrogens (tertiary/aromatic N) is 4. The maximum atomic E-state index is 13.4. The fourth-order valence-electron chi connectivity index (χ4n) is 6.25. The minimum absolute atomic E-state index is 0.355. The number of sulfonamides is 1. The van der Waals surface area contributed by atoms with E-state index in [1.165, 1.54) is 37.7 Å². The van der Waals surface area contributed by atoms with Gasteiger partial charge < -0.3 is 4.90 Å². The lowest BCUT2D eigenvalue weighted by Crippen LogP contribution is -2.48. The number of hydrogen-bond donors (Lipinski definition) is 1. The first-order valence-electron chi connectivity index (χ1n) is 14.8. The summed E-state index contributed by atoms with van der Waals surface area (Å²) in [5.41, 5.74) is 4.80. The van der Waals surface area contributed by atoms with Crippen LogP contribution in [0, 0.1) is 19.8 Å². The third-order valence-corrected chi connectivity index (χ3v) is 9.10. The molecule has 2 heterocycles. The van der Waals surface area contributed by atoms with Crippen molar-refractivity contribution in [3.8, 4) is 5.69 Å². The van der Waals surface area contributed by atoms with E-state index < -0.39 is 10.0 Å². The highest BCUT2D eigenvalue weighted by atomic mass is 32.2. The second-order valence-electron chi connectivity index (χ2n) is 11.6. The van der Waals surface area contributed by atoms with Gasteiger partial charge in [-0.05, 0) is 76.1 Å². The number of aromatic nitrogens is 2. The molecule has 9 heteroatoms. The molecule has 1 aromatic carbocycles. The maximum Gasteiger partial charge on any atom is 0.229 e. The maximum absolute atomic E-state index is 13.4. The van der Waals surface area contributed by atoms with Gasteiger partial charge in [-0.2, -0.15) is 5.10 Å². The van der Waals surface area contributed by atoms with Crippen molar-refractivity contribution in [1.82, 2.24) is 19.6 Å². The highest BCUT2D eigenvalue weighted by Gasteiger charge is 2.30. The summed E-state index contributed by atoms with van der Waals surface area (Å²) in [5.74, 6) is 0.977. The quantitative estimate of drug-likeness (QED) is 0.398. The van der Waals surface area contributed by atoms with Gasteiger partial charge in [0, 0.05) is 55.6 Å². The molecule has 39 heavy (non-hydrogen) atoms. The molecular weight excluding hydrogens is 510 g/mol. The zero-order chi connectivity index (χ0) is 28.0. The van der Waals surface area contributed by atoms with E-state index in [1.807, 2.05) is 16.8 Å². The lowest BCUT2D eigenvalue weighted by atomic mass is 9.86. The monoisotopic (exact) mass is 557 g/mol. The molecule has 1 saturated heterocycles. The first kappa shape index (κ1) is 29.6. The molecule has 2 fully saturated rings. The van der Waals surface area contributed by atoms with Gasteiger partial charge in [0.15, 0.2) is 0 Å². The molecule has 1 saturated carbocycles. The van der Waals surface area contributed by atoms with Crippen LogP contribution >= 0.6 is 0 Å². The third-order valence-electron chi connectivity index (χ3n) is 8.50. The molecule has 216 valence electrons. The average molecular weight is 558 g/mol. The van der Waals surface area contributed by atoms with Gasteiger partial charge in [-0.3, -0.25) is 14.4 Å². The Hall–Kier alpha value is -2.39. The fraction of sp³-hybridized carbons (Fsp3) is 0.667. The van der Waals surface area contributed by atoms with Crippen LogP contribution in [-0.4, -0.2) is 65.8 Å². The SMILES string of the molecule is CCCCN(C(=O)CC1CCCCC1)C1CCN(Cc2c(C)nn(-c3ccc(NS(C)(=O)=O)cc3)c2C)CC1. The Morgan fingerprint density at radius 2 is 1.72 bits per heavy atom. The smallest absolute Gasteiger partial charge is 0.229 e. The summed E-state index contributed by atoms with van der Waals surface area (Å²) < 4.78 is 27.5. The summed E-state index contributed by atoms with van der Waals surface area (Å²) >= 11 is 0. The first-order valence-corrected chi connectivity index (χ1v) is 16.7. The lowest BCUT2D eigenvalue weighted by Gasteiger charge is -2.39. The van der Waals surface area contributed by atoms with Crippen LogP contribution in [0.25, 0.3) is 5.69 Å². The number of anilines is 1. The van der Waals surface area contributed by atoms with E-state index >= 15 is 0 Å². The Morgan fingerprint density at radius 3 is 2.33 bits per heavy atom. The van der Waals surface area contributed by atoms with E-state index in [4.69, 9.17) is 5.10 Å². The molecule has 1 aliphatic heterocycles. The van der Waals surface area contributed by atoms with Gasteiger partial charge in [0.05, 0.1) is 17.6 Å². The van der Waals surface area contributed by atoms with Crippen molar-refractivity contribution in [3.63, 3.8) is 0 Å². The fourth-order valence-corrected chi connectivity index (χ4v) is 6.81. The van der Waals surface area contributed by atoms with Gasteiger partial charge in [-0.25, -0.2) is 13.1 Å². The number of carbonyl (C=O) groups excluding carboxylic acids is 1. The van der Waals surface area contributed by atoms with E-state index in [-0.39, 0.29) is 0 Å². The number of aryl methyl sites for hydroxylation is 1. The lowest BCUT2D eigenvalue weighted by molar-refractivity contribution is -0.136. The van der Waals surface area contributed by atoms with Crippen molar-refractivity contribution in [1.29, 1.82) is 0 Å². The topological polar surface area (TPSA) is 87.5 Å². The average Bonchev–Trinajstić information content (AvgIpc) is 3.18. The summed E-state index contributed by atoms with van der Waals surface area (Å²) in [6.45, 7) is 10.1. The van der Waals surface area contributed by atoms with Crippen LogP contribution in [-0.2, 0) is 21.4 Å². The van der Waals surface area contributed by atoms with Crippen molar-refractivity contribution in [2.45, 2.75) is 97.6 Å². The molecular formula is C30H47N5O3S. The van der Waals surface area contributed by atoms with E-state index in [0.29, 0.717) is 23.6 Å². The molecule has 1 amide bonds.